The average molecular weight is 448 g/mol. The molecule has 0 saturated carbocycles. The summed E-state index contributed by atoms with van der Waals surface area (Å²) in [5.41, 5.74) is 0.662. The van der Waals surface area contributed by atoms with Crippen molar-refractivity contribution in [2.45, 2.75) is 31.4 Å². The molecule has 2 unspecified atom stereocenters. The quantitative estimate of drug-likeness (QED) is 0.698. The number of carbonyl (C=O) groups excluding carboxylic acids is 1. The van der Waals surface area contributed by atoms with Gasteiger partial charge in [0, 0.05) is 37.1 Å². The molecular weight excluding hydrogens is 434 g/mol. The molecule has 160 valence electrons. The van der Waals surface area contributed by atoms with E-state index in [2.05, 4.69) is 20.3 Å². The van der Waals surface area contributed by atoms with Crippen LogP contribution in [-0.4, -0.2) is 55.7 Å². The van der Waals surface area contributed by atoms with Gasteiger partial charge in [0.1, 0.15) is 12.2 Å². The van der Waals surface area contributed by atoms with Gasteiger partial charge < -0.3 is 10.4 Å². The lowest BCUT2D eigenvalue weighted by atomic mass is 10.1. The lowest BCUT2D eigenvalue weighted by Gasteiger charge is -2.20. The molecule has 0 spiro atoms. The highest BCUT2D eigenvalue weighted by molar-refractivity contribution is 6.30. The number of carbonyl (C=O) groups is 2. The van der Waals surface area contributed by atoms with Crippen LogP contribution in [0.15, 0.2) is 24.7 Å². The Hall–Kier alpha value is -3.02. The third kappa shape index (κ3) is 4.75. The van der Waals surface area contributed by atoms with E-state index in [1.807, 2.05) is 0 Å². The summed E-state index contributed by atoms with van der Waals surface area (Å²) in [6, 6.07) is 0.242. The molecule has 2 aromatic heterocycles. The Labute approximate surface area is 171 Å². The van der Waals surface area contributed by atoms with Gasteiger partial charge in [-0.1, -0.05) is 11.6 Å². The van der Waals surface area contributed by atoms with Gasteiger partial charge in [-0.15, -0.1) is 0 Å². The highest BCUT2D eigenvalue weighted by Crippen LogP contribution is 2.28. The second kappa shape index (κ2) is 8.38. The maximum atomic E-state index is 13.6. The number of hydrogen-bond acceptors (Lipinski definition) is 5. The van der Waals surface area contributed by atoms with Crippen LogP contribution in [0.4, 0.5) is 22.4 Å². The van der Waals surface area contributed by atoms with Crippen LogP contribution in [0.5, 0.6) is 0 Å². The molecule has 1 aliphatic heterocycles. The van der Waals surface area contributed by atoms with Gasteiger partial charge in [0.05, 0.1) is 17.3 Å². The first-order valence-corrected chi connectivity index (χ1v) is 8.89. The van der Waals surface area contributed by atoms with Crippen molar-refractivity contribution in [1.82, 2.24) is 25.2 Å². The highest BCUT2D eigenvalue weighted by Gasteiger charge is 2.40. The molecule has 0 aromatic carbocycles. The smallest absolute Gasteiger partial charge is 0.451 e. The number of aromatic nitrogens is 3. The lowest BCUT2D eigenvalue weighted by Crippen LogP contribution is -2.45. The number of amides is 2. The van der Waals surface area contributed by atoms with E-state index in [1.54, 1.807) is 0 Å². The summed E-state index contributed by atoms with van der Waals surface area (Å²) in [7, 11) is 0. The summed E-state index contributed by atoms with van der Waals surface area (Å²) in [5.74, 6) is -2.03. The molecule has 2 amide bonds. The van der Waals surface area contributed by atoms with Gasteiger partial charge in [0.25, 0.3) is 0 Å². The van der Waals surface area contributed by atoms with Crippen LogP contribution >= 0.6 is 11.6 Å². The molecule has 1 saturated heterocycles. The van der Waals surface area contributed by atoms with E-state index in [4.69, 9.17) is 16.7 Å². The van der Waals surface area contributed by atoms with Crippen LogP contribution in [0, 0.1) is 0 Å². The van der Waals surface area contributed by atoms with E-state index in [0.717, 1.165) is 12.4 Å². The van der Waals surface area contributed by atoms with Crippen LogP contribution < -0.4 is 5.32 Å². The highest BCUT2D eigenvalue weighted by atomic mass is 35.5. The standard InChI is InChI=1S/C17H14ClF4N5O3/c18-10-1-8(3-24-14(28)12-2-11(19)7-27(12)16(29)30)13(23-6-10)9-4-25-15(26-5-9)17(20,21)22/h1,4-6,11-12H,2-3,7H2,(H,24,28)(H,29,30). The molecule has 0 bridgehead atoms. The Kier molecular flexibility index (Phi) is 6.06. The third-order valence-corrected chi connectivity index (χ3v) is 4.57. The zero-order valence-electron chi connectivity index (χ0n) is 15.0. The van der Waals surface area contributed by atoms with Crippen molar-refractivity contribution in [1.29, 1.82) is 0 Å². The maximum absolute atomic E-state index is 13.6. The summed E-state index contributed by atoms with van der Waals surface area (Å²) in [4.78, 5) is 34.9. The number of alkyl halides is 4. The van der Waals surface area contributed by atoms with E-state index in [-0.39, 0.29) is 29.2 Å². The Morgan fingerprint density at radius 2 is 1.90 bits per heavy atom. The number of carboxylic acid groups (broad SMARTS) is 1. The molecule has 2 aromatic rings. The molecule has 2 N–H and O–H groups in total. The summed E-state index contributed by atoms with van der Waals surface area (Å²) in [6.07, 6.45) is -4.70. The first kappa shape index (κ1) is 21.7. The fourth-order valence-corrected chi connectivity index (χ4v) is 3.20. The first-order chi connectivity index (χ1) is 14.1. The van der Waals surface area contributed by atoms with Gasteiger partial charge in [-0.3, -0.25) is 14.7 Å². The molecule has 8 nitrogen and oxygen atoms in total. The summed E-state index contributed by atoms with van der Waals surface area (Å²) >= 11 is 5.92. The Balaban J connectivity index is 1.79. The van der Waals surface area contributed by atoms with Gasteiger partial charge in [0.2, 0.25) is 11.7 Å². The van der Waals surface area contributed by atoms with Crippen molar-refractivity contribution in [3.05, 3.63) is 41.1 Å². The molecular formula is C17H14ClF4N5O3. The van der Waals surface area contributed by atoms with Gasteiger partial charge in [-0.05, 0) is 11.6 Å². The monoisotopic (exact) mass is 447 g/mol. The lowest BCUT2D eigenvalue weighted by molar-refractivity contribution is -0.145. The van der Waals surface area contributed by atoms with Gasteiger partial charge in [0.15, 0.2) is 0 Å². The number of hydrogen-bond donors (Lipinski definition) is 2. The zero-order valence-corrected chi connectivity index (χ0v) is 15.8. The number of likely N-dealkylation sites (tertiary alicyclic amines) is 1. The molecule has 2 atom stereocenters. The average Bonchev–Trinajstić information content (AvgIpc) is 3.08. The van der Waals surface area contributed by atoms with Crippen molar-refractivity contribution >= 4 is 23.6 Å². The van der Waals surface area contributed by atoms with Gasteiger partial charge in [-0.25, -0.2) is 19.2 Å². The normalized spacial score (nSPS) is 19.0. The molecule has 0 aliphatic carbocycles. The van der Waals surface area contributed by atoms with Crippen molar-refractivity contribution in [2.75, 3.05) is 6.54 Å². The van der Waals surface area contributed by atoms with E-state index in [1.165, 1.54) is 12.3 Å². The molecule has 0 radical (unpaired) electrons. The summed E-state index contributed by atoms with van der Waals surface area (Å²) < 4.78 is 51.5. The Morgan fingerprint density at radius 3 is 2.50 bits per heavy atom. The van der Waals surface area contributed by atoms with Crippen LogP contribution in [-0.2, 0) is 17.5 Å². The Morgan fingerprint density at radius 1 is 1.23 bits per heavy atom. The van der Waals surface area contributed by atoms with Gasteiger partial charge in [-0.2, -0.15) is 13.2 Å². The number of nitrogens with one attached hydrogen (secondary N) is 1. The van der Waals surface area contributed by atoms with E-state index >= 15 is 0 Å². The molecule has 30 heavy (non-hydrogen) atoms. The fraction of sp³-hybridized carbons (Fsp3) is 0.353. The predicted octanol–water partition coefficient (Wildman–Crippen LogP) is 2.92. The van der Waals surface area contributed by atoms with Crippen molar-refractivity contribution in [2.24, 2.45) is 0 Å². The van der Waals surface area contributed by atoms with Crippen molar-refractivity contribution in [3.63, 3.8) is 0 Å². The number of halogens is 5. The number of rotatable bonds is 4. The minimum absolute atomic E-state index is 0.153. The summed E-state index contributed by atoms with van der Waals surface area (Å²) in [6.45, 7) is -0.579. The fourth-order valence-electron chi connectivity index (χ4n) is 3.02. The zero-order chi connectivity index (χ0) is 22.1. The number of pyridine rings is 1. The first-order valence-electron chi connectivity index (χ1n) is 8.51. The second-order valence-corrected chi connectivity index (χ2v) is 6.89. The predicted molar refractivity (Wildman–Crippen MR) is 95.2 cm³/mol. The maximum Gasteiger partial charge on any atom is 0.451 e. The van der Waals surface area contributed by atoms with Crippen LogP contribution in [0.1, 0.15) is 17.8 Å². The molecule has 3 rings (SSSR count). The molecule has 3 heterocycles. The minimum Gasteiger partial charge on any atom is -0.465 e. The van der Waals surface area contributed by atoms with E-state index in [0.29, 0.717) is 10.5 Å². The second-order valence-electron chi connectivity index (χ2n) is 6.46. The van der Waals surface area contributed by atoms with Gasteiger partial charge >= 0.3 is 12.3 Å². The van der Waals surface area contributed by atoms with Crippen molar-refractivity contribution < 1.29 is 32.3 Å². The third-order valence-electron chi connectivity index (χ3n) is 4.36. The molecule has 1 aliphatic rings. The van der Waals surface area contributed by atoms with Crippen LogP contribution in [0.25, 0.3) is 11.3 Å². The number of nitrogens with zero attached hydrogens (tertiary/aromatic N) is 4. The topological polar surface area (TPSA) is 108 Å². The van der Waals surface area contributed by atoms with Crippen molar-refractivity contribution in [3.8, 4) is 11.3 Å². The van der Waals surface area contributed by atoms with Crippen LogP contribution in [0.3, 0.4) is 0 Å². The summed E-state index contributed by atoms with van der Waals surface area (Å²) in [5, 5.41) is 11.8. The SMILES string of the molecule is O=C(NCc1cc(Cl)cnc1-c1cnc(C(F)(F)F)nc1)C1CC(F)CN1C(=O)O. The van der Waals surface area contributed by atoms with E-state index in [9.17, 15) is 27.2 Å². The minimum atomic E-state index is -4.70. The van der Waals surface area contributed by atoms with E-state index < -0.39 is 42.8 Å². The Bertz CT molecular complexity index is 957. The largest absolute Gasteiger partial charge is 0.465 e. The van der Waals surface area contributed by atoms with Crippen LogP contribution in [0.2, 0.25) is 5.02 Å². The molecule has 13 heteroatoms. The molecule has 1 fully saturated rings.